The monoisotopic (exact) mass is 526 g/mol. The average Bonchev–Trinajstić information content (AvgIpc) is 3.85. The summed E-state index contributed by atoms with van der Waals surface area (Å²) in [5.74, 6) is -0.210. The van der Waals surface area contributed by atoms with Crippen molar-refractivity contribution in [2.45, 2.75) is 38.3 Å². The number of piperazine rings is 1. The fraction of sp³-hybridized carbons (Fsp3) is 0.462. The van der Waals surface area contributed by atoms with E-state index in [1.54, 1.807) is 23.0 Å². The summed E-state index contributed by atoms with van der Waals surface area (Å²) in [6, 6.07) is 4.91. The van der Waals surface area contributed by atoms with Crippen LogP contribution in [0, 0.1) is 5.92 Å². The van der Waals surface area contributed by atoms with Crippen molar-refractivity contribution in [2.75, 3.05) is 38.2 Å². The molecule has 1 N–H and O–H groups in total. The molecule has 2 amide bonds. The van der Waals surface area contributed by atoms with Crippen molar-refractivity contribution in [3.8, 4) is 22.8 Å². The molecule has 0 unspecified atom stereocenters. The number of hydrogen-bond acceptors (Lipinski definition) is 7. The van der Waals surface area contributed by atoms with Crippen LogP contribution in [0.25, 0.3) is 16.9 Å². The highest BCUT2D eigenvalue weighted by atomic mass is 19.3. The first-order valence-electron chi connectivity index (χ1n) is 12.8. The maximum Gasteiger partial charge on any atom is 0.387 e. The van der Waals surface area contributed by atoms with Crippen molar-refractivity contribution >= 4 is 23.1 Å². The number of imidazole rings is 1. The molecule has 12 heteroatoms. The van der Waals surface area contributed by atoms with E-state index in [4.69, 9.17) is 9.47 Å². The minimum atomic E-state index is -3.12. The lowest BCUT2D eigenvalue weighted by molar-refractivity contribution is -0.132. The Kier molecular flexibility index (Phi) is 6.24. The lowest BCUT2D eigenvalue weighted by Crippen LogP contribution is -2.49. The number of nitrogens with zero attached hydrogens (tertiary/aromatic N) is 5. The van der Waals surface area contributed by atoms with Crippen LogP contribution in [0.5, 0.6) is 11.5 Å². The number of alkyl halides is 2. The van der Waals surface area contributed by atoms with Crippen LogP contribution in [0.3, 0.4) is 0 Å². The number of ether oxygens (including phenoxy) is 2. The molecule has 38 heavy (non-hydrogen) atoms. The van der Waals surface area contributed by atoms with Crippen molar-refractivity contribution in [1.29, 1.82) is 0 Å². The zero-order valence-corrected chi connectivity index (χ0v) is 20.9. The van der Waals surface area contributed by atoms with Crippen molar-refractivity contribution in [1.82, 2.24) is 24.8 Å². The standard InChI is InChI=1S/C26H28F2N6O4/c1-37-20-10-16(11-21(38-26(27)28)23(20)24(35)31-17-4-5-17)19-14-29-22-12-18(13-30-34(19)22)32-6-8-33(9-7-32)25(36)15-2-3-15/h10-15,17,26H,2-9H2,1H3,(H,31,35). The summed E-state index contributed by atoms with van der Waals surface area (Å²) in [6.07, 6.45) is 7.01. The third-order valence-corrected chi connectivity index (χ3v) is 7.17. The molecule has 1 saturated heterocycles. The van der Waals surface area contributed by atoms with Gasteiger partial charge in [0.15, 0.2) is 5.65 Å². The Labute approximate surface area is 217 Å². The van der Waals surface area contributed by atoms with Gasteiger partial charge < -0.3 is 24.6 Å². The van der Waals surface area contributed by atoms with E-state index in [2.05, 4.69) is 20.3 Å². The molecule has 1 aliphatic heterocycles. The van der Waals surface area contributed by atoms with E-state index < -0.39 is 12.5 Å². The number of anilines is 1. The third-order valence-electron chi connectivity index (χ3n) is 7.17. The maximum absolute atomic E-state index is 13.3. The number of benzene rings is 1. The summed E-state index contributed by atoms with van der Waals surface area (Å²) in [4.78, 5) is 33.7. The second-order valence-corrected chi connectivity index (χ2v) is 9.89. The van der Waals surface area contributed by atoms with E-state index >= 15 is 0 Å². The highest BCUT2D eigenvalue weighted by Crippen LogP contribution is 2.37. The van der Waals surface area contributed by atoms with Gasteiger partial charge in [0.05, 0.1) is 30.9 Å². The first-order chi connectivity index (χ1) is 18.4. The van der Waals surface area contributed by atoms with Gasteiger partial charge in [0, 0.05) is 49.8 Å². The second kappa shape index (κ2) is 9.73. The summed E-state index contributed by atoms with van der Waals surface area (Å²) in [5.41, 5.74) is 2.37. The molecule has 0 spiro atoms. The quantitative estimate of drug-likeness (QED) is 0.482. The Balaban J connectivity index is 1.27. The number of hydrogen-bond donors (Lipinski definition) is 1. The lowest BCUT2D eigenvalue weighted by atomic mass is 10.1. The van der Waals surface area contributed by atoms with Crippen molar-refractivity contribution < 1.29 is 27.8 Å². The van der Waals surface area contributed by atoms with Gasteiger partial charge in [0.1, 0.15) is 17.1 Å². The third kappa shape index (κ3) is 4.82. The predicted molar refractivity (Wildman–Crippen MR) is 134 cm³/mol. The number of rotatable bonds is 8. The van der Waals surface area contributed by atoms with Gasteiger partial charge in [-0.15, -0.1) is 0 Å². The summed E-state index contributed by atoms with van der Waals surface area (Å²) in [7, 11) is 1.37. The maximum atomic E-state index is 13.3. The fourth-order valence-electron chi connectivity index (χ4n) is 4.81. The molecule has 1 aromatic carbocycles. The molecular weight excluding hydrogens is 498 g/mol. The van der Waals surface area contributed by atoms with E-state index in [0.29, 0.717) is 43.1 Å². The van der Waals surface area contributed by atoms with Crippen LogP contribution in [0.1, 0.15) is 36.0 Å². The lowest BCUT2D eigenvalue weighted by Gasteiger charge is -2.36. The Morgan fingerprint density at radius 3 is 2.42 bits per heavy atom. The highest BCUT2D eigenvalue weighted by molar-refractivity contribution is 6.01. The second-order valence-electron chi connectivity index (χ2n) is 9.89. The Hall–Kier alpha value is -3.96. The van der Waals surface area contributed by atoms with Gasteiger partial charge in [-0.2, -0.15) is 13.9 Å². The molecule has 3 heterocycles. The zero-order valence-electron chi connectivity index (χ0n) is 20.9. The van der Waals surface area contributed by atoms with E-state index in [1.165, 1.54) is 13.2 Å². The zero-order chi connectivity index (χ0) is 26.4. The van der Waals surface area contributed by atoms with Crippen LogP contribution >= 0.6 is 0 Å². The molecule has 10 nitrogen and oxygen atoms in total. The van der Waals surface area contributed by atoms with Crippen LogP contribution in [0.2, 0.25) is 0 Å². The van der Waals surface area contributed by atoms with Gasteiger partial charge in [-0.3, -0.25) is 9.59 Å². The Bertz CT molecular complexity index is 1380. The van der Waals surface area contributed by atoms with Crippen LogP contribution in [-0.4, -0.2) is 77.3 Å². The summed E-state index contributed by atoms with van der Waals surface area (Å²) in [5, 5.41) is 7.36. The molecule has 6 rings (SSSR count). The molecule has 2 saturated carbocycles. The molecular formula is C26H28F2N6O4. The Morgan fingerprint density at radius 1 is 1.03 bits per heavy atom. The number of carbonyl (C=O) groups excluding carboxylic acids is 2. The van der Waals surface area contributed by atoms with E-state index in [1.807, 2.05) is 11.0 Å². The topological polar surface area (TPSA) is 101 Å². The fourth-order valence-corrected chi connectivity index (χ4v) is 4.81. The van der Waals surface area contributed by atoms with Gasteiger partial charge in [-0.25, -0.2) is 9.50 Å². The number of amides is 2. The van der Waals surface area contributed by atoms with Crippen molar-refractivity contribution in [2.24, 2.45) is 5.92 Å². The number of carbonyl (C=O) groups is 2. The van der Waals surface area contributed by atoms with Gasteiger partial charge in [-0.1, -0.05) is 0 Å². The Morgan fingerprint density at radius 2 is 1.76 bits per heavy atom. The smallest absolute Gasteiger partial charge is 0.387 e. The summed E-state index contributed by atoms with van der Waals surface area (Å²) < 4.78 is 38.3. The first kappa shape index (κ1) is 24.4. The molecule has 0 bridgehead atoms. The van der Waals surface area contributed by atoms with Gasteiger partial charge in [0.2, 0.25) is 5.91 Å². The molecule has 3 aromatic rings. The SMILES string of the molecule is COc1cc(-c2cnc3cc(N4CCN(C(=O)C5CC5)CC4)cnn23)cc(OC(F)F)c1C(=O)NC1CC1. The number of methoxy groups -OCH3 is 1. The van der Waals surface area contributed by atoms with Gasteiger partial charge in [0.25, 0.3) is 5.91 Å². The van der Waals surface area contributed by atoms with Crippen LogP contribution in [0.15, 0.2) is 30.6 Å². The number of fused-ring (bicyclic) bond motifs is 1. The normalized spacial score (nSPS) is 17.7. The summed E-state index contributed by atoms with van der Waals surface area (Å²) >= 11 is 0. The van der Waals surface area contributed by atoms with E-state index in [9.17, 15) is 18.4 Å². The summed E-state index contributed by atoms with van der Waals surface area (Å²) in [6.45, 7) is -0.355. The molecule has 200 valence electrons. The first-order valence-corrected chi connectivity index (χ1v) is 12.8. The van der Waals surface area contributed by atoms with Crippen molar-refractivity contribution in [3.63, 3.8) is 0 Å². The van der Waals surface area contributed by atoms with Crippen LogP contribution in [-0.2, 0) is 4.79 Å². The van der Waals surface area contributed by atoms with E-state index in [-0.39, 0.29) is 34.9 Å². The molecule has 0 atom stereocenters. The number of nitrogens with one attached hydrogen (secondary N) is 1. The van der Waals surface area contributed by atoms with Crippen LogP contribution in [0.4, 0.5) is 14.5 Å². The molecule has 2 aromatic heterocycles. The average molecular weight is 527 g/mol. The van der Waals surface area contributed by atoms with Crippen molar-refractivity contribution in [3.05, 3.63) is 36.2 Å². The molecule has 2 aliphatic carbocycles. The predicted octanol–water partition coefficient (Wildman–Crippen LogP) is 2.96. The largest absolute Gasteiger partial charge is 0.496 e. The molecule has 3 fully saturated rings. The van der Waals surface area contributed by atoms with Gasteiger partial charge in [-0.05, 0) is 37.8 Å². The molecule has 0 radical (unpaired) electrons. The van der Waals surface area contributed by atoms with Gasteiger partial charge >= 0.3 is 6.61 Å². The van der Waals surface area contributed by atoms with Crippen LogP contribution < -0.4 is 19.7 Å². The number of halogens is 2. The minimum absolute atomic E-state index is 0.0325. The van der Waals surface area contributed by atoms with E-state index in [0.717, 1.165) is 31.4 Å². The number of aromatic nitrogens is 3. The minimum Gasteiger partial charge on any atom is -0.496 e. The highest BCUT2D eigenvalue weighted by Gasteiger charge is 2.35. The molecule has 3 aliphatic rings.